The molecule has 4 rings (SSSR count). The normalized spacial score (nSPS) is 22.9. The molecular weight excluding hydrogens is 360 g/mol. The van der Waals surface area contributed by atoms with Crippen LogP contribution in [0.5, 0.6) is 0 Å². The number of hydrogen-bond donors (Lipinski definition) is 0. The van der Waals surface area contributed by atoms with Crippen LogP contribution in [0.4, 0.5) is 11.4 Å². The Kier molecular flexibility index (Phi) is 5.05. The Morgan fingerprint density at radius 2 is 1.61 bits per heavy atom. The van der Waals surface area contributed by atoms with Crippen molar-refractivity contribution in [3.8, 4) is 0 Å². The lowest BCUT2D eigenvalue weighted by Gasteiger charge is -2.38. The van der Waals surface area contributed by atoms with Crippen LogP contribution in [0.25, 0.3) is 0 Å². The quantitative estimate of drug-likeness (QED) is 0.449. The van der Waals surface area contributed by atoms with Crippen molar-refractivity contribution in [3.63, 3.8) is 0 Å². The summed E-state index contributed by atoms with van der Waals surface area (Å²) < 4.78 is 0. The molecule has 0 N–H and O–H groups in total. The topological polar surface area (TPSA) is 87.0 Å². The van der Waals surface area contributed by atoms with Crippen LogP contribution in [0.2, 0.25) is 0 Å². The maximum atomic E-state index is 13.0. The summed E-state index contributed by atoms with van der Waals surface area (Å²) in [5.74, 6) is 0.0136. The minimum absolute atomic E-state index is 0.0234. The van der Waals surface area contributed by atoms with Crippen molar-refractivity contribution in [3.05, 3.63) is 34.4 Å². The molecule has 3 aliphatic rings. The number of carbonyl (C=O) groups is 2. The third kappa shape index (κ3) is 3.48. The van der Waals surface area contributed by atoms with E-state index in [1.807, 2.05) is 0 Å². The van der Waals surface area contributed by atoms with Crippen molar-refractivity contribution in [2.24, 2.45) is 5.41 Å². The van der Waals surface area contributed by atoms with Crippen molar-refractivity contribution >= 4 is 23.2 Å². The van der Waals surface area contributed by atoms with E-state index in [0.29, 0.717) is 13.1 Å². The summed E-state index contributed by atoms with van der Waals surface area (Å²) in [6, 6.07) is 6.59. The van der Waals surface area contributed by atoms with Gasteiger partial charge in [-0.1, -0.05) is 19.3 Å². The monoisotopic (exact) mass is 386 g/mol. The number of amides is 2. The molecule has 0 bridgehead atoms. The number of hydrogen-bond acceptors (Lipinski definition) is 6. The number of nitro benzene ring substituents is 1. The van der Waals surface area contributed by atoms with E-state index in [0.717, 1.165) is 64.0 Å². The highest BCUT2D eigenvalue weighted by molar-refractivity contribution is 6.05. The minimum Gasteiger partial charge on any atom is -0.369 e. The number of nitrogens with zero attached hydrogens (tertiary/aromatic N) is 4. The van der Waals surface area contributed by atoms with Gasteiger partial charge < -0.3 is 4.90 Å². The molecular formula is C20H26N4O4. The molecule has 0 atom stereocenters. The average Bonchev–Trinajstić information content (AvgIpc) is 2.93. The van der Waals surface area contributed by atoms with Crippen LogP contribution in [0.15, 0.2) is 24.3 Å². The van der Waals surface area contributed by atoms with Crippen LogP contribution in [-0.2, 0) is 9.59 Å². The summed E-state index contributed by atoms with van der Waals surface area (Å²) in [6.45, 7) is 3.41. The molecule has 2 saturated heterocycles. The Balaban J connectivity index is 1.33. The summed E-state index contributed by atoms with van der Waals surface area (Å²) in [5.41, 5.74) is 0.625. The van der Waals surface area contributed by atoms with Crippen LogP contribution in [-0.4, -0.2) is 59.4 Å². The average molecular weight is 386 g/mol. The van der Waals surface area contributed by atoms with Crippen LogP contribution >= 0.6 is 0 Å². The fourth-order valence-corrected chi connectivity index (χ4v) is 4.76. The van der Waals surface area contributed by atoms with Gasteiger partial charge in [-0.2, -0.15) is 0 Å². The van der Waals surface area contributed by atoms with Crippen LogP contribution < -0.4 is 4.90 Å². The maximum Gasteiger partial charge on any atom is 0.269 e. The molecule has 3 fully saturated rings. The van der Waals surface area contributed by atoms with E-state index in [1.165, 1.54) is 17.0 Å². The maximum absolute atomic E-state index is 13.0. The molecule has 1 aromatic carbocycles. The number of benzene rings is 1. The SMILES string of the molecule is O=C1CC2(CCCCC2)C(=O)N1CN1CCN(c2ccc([N+](=O)[O-])cc2)CC1. The number of likely N-dealkylation sites (tertiary alicyclic amines) is 1. The Hall–Kier alpha value is -2.48. The molecule has 1 spiro atoms. The Morgan fingerprint density at radius 3 is 2.21 bits per heavy atom. The smallest absolute Gasteiger partial charge is 0.269 e. The molecule has 8 nitrogen and oxygen atoms in total. The molecule has 28 heavy (non-hydrogen) atoms. The molecule has 8 heteroatoms. The predicted octanol–water partition coefficient (Wildman–Crippen LogP) is 2.38. The third-order valence-corrected chi connectivity index (χ3v) is 6.44. The molecule has 150 valence electrons. The van der Waals surface area contributed by atoms with Gasteiger partial charge >= 0.3 is 0 Å². The second-order valence-electron chi connectivity index (χ2n) is 8.16. The van der Waals surface area contributed by atoms with Gasteiger partial charge in [-0.05, 0) is 25.0 Å². The minimum atomic E-state index is -0.421. The summed E-state index contributed by atoms with van der Waals surface area (Å²) in [7, 11) is 0. The fraction of sp³-hybridized carbons (Fsp3) is 0.600. The molecule has 1 aromatic rings. The first-order chi connectivity index (χ1) is 13.5. The van der Waals surface area contributed by atoms with E-state index >= 15 is 0 Å². The van der Waals surface area contributed by atoms with Crippen LogP contribution in [0.3, 0.4) is 0 Å². The van der Waals surface area contributed by atoms with Gasteiger partial charge in [-0.25, -0.2) is 0 Å². The Morgan fingerprint density at radius 1 is 0.964 bits per heavy atom. The number of imide groups is 1. The van der Waals surface area contributed by atoms with Gasteiger partial charge in [0.25, 0.3) is 5.69 Å². The number of piperazine rings is 1. The van der Waals surface area contributed by atoms with Crippen molar-refractivity contribution in [2.75, 3.05) is 37.7 Å². The first-order valence-electron chi connectivity index (χ1n) is 10.1. The molecule has 0 unspecified atom stereocenters. The molecule has 0 radical (unpaired) electrons. The number of anilines is 1. The molecule has 2 heterocycles. The van der Waals surface area contributed by atoms with Gasteiger partial charge in [0, 0.05) is 50.4 Å². The molecule has 0 aromatic heterocycles. The second-order valence-corrected chi connectivity index (χ2v) is 8.16. The first-order valence-corrected chi connectivity index (χ1v) is 10.1. The lowest BCUT2D eigenvalue weighted by atomic mass is 9.73. The van der Waals surface area contributed by atoms with Crippen LogP contribution in [0.1, 0.15) is 38.5 Å². The Bertz CT molecular complexity index is 765. The summed E-state index contributed by atoms with van der Waals surface area (Å²) in [4.78, 5) is 41.7. The molecule has 1 saturated carbocycles. The van der Waals surface area contributed by atoms with Gasteiger partial charge in [-0.3, -0.25) is 29.5 Å². The predicted molar refractivity (Wildman–Crippen MR) is 104 cm³/mol. The highest BCUT2D eigenvalue weighted by atomic mass is 16.6. The van der Waals surface area contributed by atoms with Gasteiger partial charge in [0.1, 0.15) is 0 Å². The van der Waals surface area contributed by atoms with Gasteiger partial charge in [0.05, 0.1) is 17.0 Å². The molecule has 2 amide bonds. The van der Waals surface area contributed by atoms with Crippen molar-refractivity contribution in [1.29, 1.82) is 0 Å². The second kappa shape index (κ2) is 7.50. The van der Waals surface area contributed by atoms with Gasteiger partial charge in [0.15, 0.2) is 0 Å². The van der Waals surface area contributed by atoms with Crippen molar-refractivity contribution < 1.29 is 14.5 Å². The largest absolute Gasteiger partial charge is 0.369 e. The zero-order valence-corrected chi connectivity index (χ0v) is 16.0. The molecule has 2 aliphatic heterocycles. The zero-order chi connectivity index (χ0) is 19.7. The fourth-order valence-electron chi connectivity index (χ4n) is 4.76. The van der Waals surface area contributed by atoms with E-state index in [2.05, 4.69) is 9.80 Å². The van der Waals surface area contributed by atoms with Crippen molar-refractivity contribution in [2.45, 2.75) is 38.5 Å². The number of rotatable bonds is 4. The van der Waals surface area contributed by atoms with Gasteiger partial charge in [-0.15, -0.1) is 0 Å². The van der Waals surface area contributed by atoms with Gasteiger partial charge in [0.2, 0.25) is 11.8 Å². The Labute approximate surface area is 164 Å². The third-order valence-electron chi connectivity index (χ3n) is 6.44. The summed E-state index contributed by atoms with van der Waals surface area (Å²) in [5, 5.41) is 10.8. The first kappa shape index (κ1) is 18.9. The summed E-state index contributed by atoms with van der Waals surface area (Å²) >= 11 is 0. The lowest BCUT2D eigenvalue weighted by molar-refractivity contribution is -0.384. The standard InChI is InChI=1S/C20H26N4O4/c25-18-14-20(8-2-1-3-9-20)19(26)23(18)15-21-10-12-22(13-11-21)16-4-6-17(7-5-16)24(27)28/h4-7H,1-3,8-15H2. The highest BCUT2D eigenvalue weighted by Crippen LogP contribution is 2.45. The van der Waals surface area contributed by atoms with E-state index in [1.54, 1.807) is 12.1 Å². The lowest BCUT2D eigenvalue weighted by Crippen LogP contribution is -2.51. The number of non-ortho nitro benzene ring substituents is 1. The van der Waals surface area contributed by atoms with E-state index < -0.39 is 10.3 Å². The highest BCUT2D eigenvalue weighted by Gasteiger charge is 2.51. The van der Waals surface area contributed by atoms with Crippen LogP contribution in [0, 0.1) is 15.5 Å². The summed E-state index contributed by atoms with van der Waals surface area (Å²) in [6.07, 6.45) is 5.33. The number of nitro groups is 1. The van der Waals surface area contributed by atoms with E-state index in [9.17, 15) is 19.7 Å². The van der Waals surface area contributed by atoms with E-state index in [-0.39, 0.29) is 17.5 Å². The molecule has 1 aliphatic carbocycles. The van der Waals surface area contributed by atoms with E-state index in [4.69, 9.17) is 0 Å². The zero-order valence-electron chi connectivity index (χ0n) is 16.0. The number of carbonyl (C=O) groups excluding carboxylic acids is 2. The van der Waals surface area contributed by atoms with Crippen molar-refractivity contribution in [1.82, 2.24) is 9.80 Å².